The molecule has 9 nitrogen and oxygen atoms in total. The zero-order valence-electron chi connectivity index (χ0n) is 18.8. The van der Waals surface area contributed by atoms with Crippen LogP contribution in [0.25, 0.3) is 0 Å². The maximum absolute atomic E-state index is 13.1. The van der Waals surface area contributed by atoms with E-state index in [1.807, 2.05) is 0 Å². The maximum Gasteiger partial charge on any atom is 0.326 e. The number of amides is 2. The van der Waals surface area contributed by atoms with Crippen molar-refractivity contribution in [2.45, 2.75) is 77.0 Å². The predicted octanol–water partition coefficient (Wildman–Crippen LogP) is 1.47. The van der Waals surface area contributed by atoms with Gasteiger partial charge in [0.25, 0.3) is 0 Å². The van der Waals surface area contributed by atoms with E-state index < -0.39 is 23.3 Å². The molecule has 4 bridgehead atoms. The third-order valence-corrected chi connectivity index (χ3v) is 8.27. The van der Waals surface area contributed by atoms with Gasteiger partial charge in [0, 0.05) is 36.6 Å². The van der Waals surface area contributed by atoms with Crippen molar-refractivity contribution < 1.29 is 34.1 Å². The molecule has 5 rings (SSSR count). The average Bonchev–Trinajstić information content (AvgIpc) is 3.04. The molecule has 0 radical (unpaired) electrons. The summed E-state index contributed by atoms with van der Waals surface area (Å²) in [6.45, 7) is 5.38. The number of carbonyl (C=O) groups is 4. The molecule has 176 valence electrons. The Labute approximate surface area is 187 Å². The third-order valence-electron chi connectivity index (χ3n) is 8.27. The molecule has 4 N–H and O–H groups in total. The highest BCUT2D eigenvalue weighted by atomic mass is 16.5. The average molecular weight is 449 g/mol. The van der Waals surface area contributed by atoms with Gasteiger partial charge in [0.1, 0.15) is 6.04 Å². The minimum atomic E-state index is -1.19. The van der Waals surface area contributed by atoms with Crippen LogP contribution in [0.3, 0.4) is 0 Å². The molecule has 5 unspecified atom stereocenters. The Kier molecular flexibility index (Phi) is 5.39. The fourth-order valence-electron chi connectivity index (χ4n) is 7.08. The van der Waals surface area contributed by atoms with E-state index in [2.05, 4.69) is 17.6 Å². The number of carbonyl (C=O) groups excluding carboxylic acids is 3. The summed E-state index contributed by atoms with van der Waals surface area (Å²) in [6.07, 6.45) is 4.39. The smallest absolute Gasteiger partial charge is 0.326 e. The summed E-state index contributed by atoms with van der Waals surface area (Å²) in [5.74, 6) is -2.24. The van der Waals surface area contributed by atoms with Crippen molar-refractivity contribution in [3.63, 3.8) is 0 Å². The maximum atomic E-state index is 13.1. The van der Waals surface area contributed by atoms with Crippen molar-refractivity contribution in [3.05, 3.63) is 11.8 Å². The Bertz CT molecular complexity index is 901. The fraction of sp³-hybridized carbons (Fsp3) is 0.739. The van der Waals surface area contributed by atoms with Crippen molar-refractivity contribution in [3.8, 4) is 0 Å². The molecule has 2 heterocycles. The molecule has 5 aliphatic rings. The van der Waals surface area contributed by atoms with Gasteiger partial charge in [0.15, 0.2) is 5.76 Å². The number of aliphatic hydroxyl groups is 1. The Morgan fingerprint density at radius 3 is 2.66 bits per heavy atom. The summed E-state index contributed by atoms with van der Waals surface area (Å²) < 4.78 is 6.37. The van der Waals surface area contributed by atoms with E-state index >= 15 is 0 Å². The van der Waals surface area contributed by atoms with Crippen LogP contribution in [0.1, 0.15) is 59.3 Å². The number of hydrogen-bond donors (Lipinski definition) is 4. The van der Waals surface area contributed by atoms with Gasteiger partial charge in [-0.3, -0.25) is 14.4 Å². The number of Topliss-reactive ketones (excluding diaryl/α,β-unsaturated/α-hetero) is 1. The summed E-state index contributed by atoms with van der Waals surface area (Å²) in [5.41, 5.74) is -1.49. The van der Waals surface area contributed by atoms with Crippen LogP contribution in [0, 0.1) is 22.7 Å². The van der Waals surface area contributed by atoms with Crippen LogP contribution in [-0.4, -0.2) is 58.1 Å². The van der Waals surface area contributed by atoms with Crippen molar-refractivity contribution in [2.75, 3.05) is 6.54 Å². The number of rotatable bonds is 8. The topological polar surface area (TPSA) is 142 Å². The van der Waals surface area contributed by atoms with E-state index in [9.17, 15) is 29.4 Å². The van der Waals surface area contributed by atoms with Crippen LogP contribution in [0.2, 0.25) is 0 Å². The molecule has 0 aromatic heterocycles. The highest BCUT2D eigenvalue weighted by Crippen LogP contribution is 2.72. The molecular weight excluding hydrogens is 416 g/mol. The van der Waals surface area contributed by atoms with Gasteiger partial charge in [0.05, 0.1) is 11.7 Å². The van der Waals surface area contributed by atoms with Crippen LogP contribution < -0.4 is 10.6 Å². The van der Waals surface area contributed by atoms with Gasteiger partial charge in [-0.05, 0) is 51.0 Å². The number of aliphatic carboxylic acids is 1. The Morgan fingerprint density at radius 1 is 1.31 bits per heavy atom. The first-order valence-corrected chi connectivity index (χ1v) is 11.3. The second-order valence-electron chi connectivity index (χ2n) is 10.5. The molecule has 7 atom stereocenters. The summed E-state index contributed by atoms with van der Waals surface area (Å²) >= 11 is 0. The van der Waals surface area contributed by atoms with Crippen LogP contribution in [-0.2, 0) is 23.9 Å². The lowest BCUT2D eigenvalue weighted by Gasteiger charge is -2.55. The number of aliphatic hydroxyl groups excluding tert-OH is 1. The largest absolute Gasteiger partial charge is 0.505 e. The van der Waals surface area contributed by atoms with E-state index in [1.54, 1.807) is 13.0 Å². The van der Waals surface area contributed by atoms with E-state index in [0.29, 0.717) is 5.92 Å². The molecular formula is C23H32N2O7. The number of ether oxygens (including phenoxy) is 1. The van der Waals surface area contributed by atoms with Crippen LogP contribution in [0.15, 0.2) is 11.8 Å². The highest BCUT2D eigenvalue weighted by molar-refractivity contribution is 5.99. The minimum absolute atomic E-state index is 0.0422. The molecule has 2 aliphatic heterocycles. The monoisotopic (exact) mass is 448 g/mol. The van der Waals surface area contributed by atoms with Crippen LogP contribution in [0.4, 0.5) is 0 Å². The van der Waals surface area contributed by atoms with Crippen molar-refractivity contribution in [1.29, 1.82) is 0 Å². The lowest BCUT2D eigenvalue weighted by molar-refractivity contribution is -0.173. The van der Waals surface area contributed by atoms with Crippen molar-refractivity contribution >= 4 is 23.6 Å². The molecule has 2 saturated heterocycles. The second kappa shape index (κ2) is 7.57. The van der Waals surface area contributed by atoms with E-state index in [4.69, 9.17) is 4.74 Å². The van der Waals surface area contributed by atoms with E-state index in [-0.39, 0.29) is 66.3 Å². The Hall–Kier alpha value is -2.42. The summed E-state index contributed by atoms with van der Waals surface area (Å²) in [6, 6.07) is -1.13. The van der Waals surface area contributed by atoms with Crippen LogP contribution in [0.5, 0.6) is 0 Å². The number of allylic oxidation sites excluding steroid dienone is 2. The number of nitrogens with one attached hydrogen (secondary N) is 2. The lowest BCUT2D eigenvalue weighted by atomic mass is 9.50. The number of hydrogen-bond acceptors (Lipinski definition) is 6. The minimum Gasteiger partial charge on any atom is -0.505 e. The Morgan fingerprint density at radius 2 is 2.03 bits per heavy atom. The molecule has 0 aromatic carbocycles. The molecule has 3 aliphatic carbocycles. The molecule has 9 heteroatoms. The van der Waals surface area contributed by atoms with Gasteiger partial charge in [-0.15, -0.1) is 0 Å². The standard InChI is InChI=1S/C23H32N2O7/c1-12(26)24-7-5-14(20(30)31)25-17(28)4-6-21(2)18-16-8-13-9-23(18,10-15(27)19(21)29)11-22(13,3)32-16/h10,13-14,16,18,27H,4-9,11H2,1-3H3,(H,24,26)(H,25,28)(H,30,31)/t13?,14-,16?,18?,21-,22?,23?/m0/s1. The lowest BCUT2D eigenvalue weighted by Crippen LogP contribution is -2.57. The molecule has 4 fully saturated rings. The first-order valence-electron chi connectivity index (χ1n) is 11.3. The number of carboxylic acid groups (broad SMARTS) is 1. The van der Waals surface area contributed by atoms with Crippen molar-refractivity contribution in [1.82, 2.24) is 10.6 Å². The van der Waals surface area contributed by atoms with E-state index in [0.717, 1.165) is 19.3 Å². The number of ketones is 1. The van der Waals surface area contributed by atoms with Gasteiger partial charge in [0.2, 0.25) is 17.6 Å². The summed E-state index contributed by atoms with van der Waals surface area (Å²) in [4.78, 5) is 48.2. The van der Waals surface area contributed by atoms with E-state index in [1.165, 1.54) is 6.92 Å². The predicted molar refractivity (Wildman–Crippen MR) is 112 cm³/mol. The second-order valence-corrected chi connectivity index (χ2v) is 10.5. The first kappa shape index (κ1) is 22.8. The third kappa shape index (κ3) is 3.50. The zero-order chi connectivity index (χ0) is 23.5. The van der Waals surface area contributed by atoms with Gasteiger partial charge in [-0.1, -0.05) is 6.92 Å². The van der Waals surface area contributed by atoms with Crippen LogP contribution >= 0.6 is 0 Å². The zero-order valence-corrected chi connectivity index (χ0v) is 18.8. The number of carboxylic acids is 1. The molecule has 2 saturated carbocycles. The molecule has 32 heavy (non-hydrogen) atoms. The van der Waals surface area contributed by atoms with Gasteiger partial charge >= 0.3 is 5.97 Å². The van der Waals surface area contributed by atoms with Crippen molar-refractivity contribution in [2.24, 2.45) is 22.7 Å². The SMILES string of the molecule is CC(=O)NCC[C@H](NC(=O)CC[C@]1(C)C(=O)C(O)=CC23CC4CC(OC4(C)C2)C31)C(=O)O. The first-order chi connectivity index (χ1) is 14.9. The van der Waals surface area contributed by atoms with Gasteiger partial charge < -0.3 is 25.6 Å². The van der Waals surface area contributed by atoms with Gasteiger partial charge in [-0.2, -0.15) is 0 Å². The van der Waals surface area contributed by atoms with Gasteiger partial charge in [-0.25, -0.2) is 4.79 Å². The summed E-state index contributed by atoms with van der Waals surface area (Å²) in [7, 11) is 0. The molecule has 2 amide bonds. The highest BCUT2D eigenvalue weighted by Gasteiger charge is 2.72. The normalized spacial score (nSPS) is 39.9. The molecule has 0 aromatic rings. The summed E-state index contributed by atoms with van der Waals surface area (Å²) in [5, 5.41) is 24.9. The Balaban J connectivity index is 1.46. The molecule has 1 spiro atoms. The quantitative estimate of drug-likeness (QED) is 0.440. The fourth-order valence-corrected chi connectivity index (χ4v) is 7.08.